The van der Waals surface area contributed by atoms with Crippen molar-refractivity contribution < 1.29 is 9.57 Å². The van der Waals surface area contributed by atoms with E-state index in [1.54, 1.807) is 4.73 Å². The van der Waals surface area contributed by atoms with Crippen molar-refractivity contribution in [2.24, 2.45) is 0 Å². The van der Waals surface area contributed by atoms with E-state index in [-0.39, 0.29) is 0 Å². The molecule has 0 atom stereocenters. The minimum absolute atomic E-state index is 0.702. The Bertz CT molecular complexity index is 193. The SMILES string of the molecule is CCO[n+]1ccc(C)cc1. The lowest BCUT2D eigenvalue weighted by atomic mass is 10.3. The summed E-state index contributed by atoms with van der Waals surface area (Å²) in [6, 6.07) is 4.02. The highest BCUT2D eigenvalue weighted by molar-refractivity contribution is 5.02. The molecule has 0 aliphatic rings. The molecule has 0 aliphatic heterocycles. The van der Waals surface area contributed by atoms with Crippen LogP contribution >= 0.6 is 0 Å². The molecule has 1 rings (SSSR count). The van der Waals surface area contributed by atoms with Crippen LogP contribution < -0.4 is 9.57 Å². The number of nitrogens with zero attached hydrogens (tertiary/aromatic N) is 1. The van der Waals surface area contributed by atoms with Crippen LogP contribution in [0.5, 0.6) is 0 Å². The van der Waals surface area contributed by atoms with E-state index in [0.29, 0.717) is 6.61 Å². The van der Waals surface area contributed by atoms with Gasteiger partial charge in [0, 0.05) is 16.9 Å². The van der Waals surface area contributed by atoms with Gasteiger partial charge in [-0.05, 0) is 19.4 Å². The molecule has 0 fully saturated rings. The Hall–Kier alpha value is -1.05. The van der Waals surface area contributed by atoms with E-state index in [9.17, 15) is 0 Å². The summed E-state index contributed by atoms with van der Waals surface area (Å²) in [5, 5.41) is 0. The molecule has 0 radical (unpaired) electrons. The van der Waals surface area contributed by atoms with Crippen LogP contribution in [0.1, 0.15) is 12.5 Å². The maximum Gasteiger partial charge on any atom is 0.222 e. The van der Waals surface area contributed by atoms with Crippen molar-refractivity contribution in [3.05, 3.63) is 30.1 Å². The van der Waals surface area contributed by atoms with Gasteiger partial charge in [0.05, 0.1) is 0 Å². The number of hydrogen-bond acceptors (Lipinski definition) is 1. The van der Waals surface area contributed by atoms with Gasteiger partial charge in [0.2, 0.25) is 12.4 Å². The average Bonchev–Trinajstić information content (AvgIpc) is 1.95. The lowest BCUT2D eigenvalue weighted by Crippen LogP contribution is -2.41. The first kappa shape index (κ1) is 7.06. The predicted molar refractivity (Wildman–Crippen MR) is 38.5 cm³/mol. The smallest absolute Gasteiger partial charge is 0.222 e. The Labute approximate surface area is 61.0 Å². The molecule has 0 aromatic carbocycles. The molecule has 2 nitrogen and oxygen atoms in total. The van der Waals surface area contributed by atoms with Gasteiger partial charge in [-0.2, -0.15) is 0 Å². The van der Waals surface area contributed by atoms with Gasteiger partial charge < -0.3 is 0 Å². The lowest BCUT2D eigenvalue weighted by Gasteiger charge is -1.92. The minimum atomic E-state index is 0.702. The van der Waals surface area contributed by atoms with Crippen molar-refractivity contribution in [3.63, 3.8) is 0 Å². The first-order valence-corrected chi connectivity index (χ1v) is 3.44. The van der Waals surface area contributed by atoms with Crippen LogP contribution in [-0.2, 0) is 0 Å². The summed E-state index contributed by atoms with van der Waals surface area (Å²) in [6.07, 6.45) is 3.80. The van der Waals surface area contributed by atoms with Gasteiger partial charge in [-0.3, -0.25) is 4.84 Å². The highest BCUT2D eigenvalue weighted by atomic mass is 16.7. The molecule has 0 spiro atoms. The van der Waals surface area contributed by atoms with Crippen LogP contribution in [0, 0.1) is 6.92 Å². The van der Waals surface area contributed by atoms with Crippen LogP contribution in [0.4, 0.5) is 0 Å². The molecule has 1 aromatic heterocycles. The van der Waals surface area contributed by atoms with E-state index in [2.05, 4.69) is 6.92 Å². The maximum absolute atomic E-state index is 5.18. The van der Waals surface area contributed by atoms with Crippen molar-refractivity contribution in [2.75, 3.05) is 6.61 Å². The van der Waals surface area contributed by atoms with Gasteiger partial charge in [-0.1, -0.05) is 0 Å². The molecule has 1 aromatic rings. The Morgan fingerprint density at radius 1 is 1.40 bits per heavy atom. The molecule has 0 aliphatic carbocycles. The molecular formula is C8H12NO+. The summed E-state index contributed by atoms with van der Waals surface area (Å²) in [4.78, 5) is 5.18. The van der Waals surface area contributed by atoms with Crippen molar-refractivity contribution in [3.8, 4) is 0 Å². The van der Waals surface area contributed by atoms with Crippen molar-refractivity contribution in [2.45, 2.75) is 13.8 Å². The molecule has 2 heteroatoms. The number of pyridine rings is 1. The zero-order valence-corrected chi connectivity index (χ0v) is 6.37. The normalized spacial score (nSPS) is 9.40. The second kappa shape index (κ2) is 3.20. The third-order valence-corrected chi connectivity index (χ3v) is 1.25. The highest BCUT2D eigenvalue weighted by Gasteiger charge is 1.95. The standard InChI is InChI=1S/C8H12NO/c1-3-10-9-6-4-8(2)5-7-9/h4-7H,3H2,1-2H3/q+1. The van der Waals surface area contributed by atoms with Gasteiger partial charge in [-0.15, -0.1) is 0 Å². The first-order valence-electron chi connectivity index (χ1n) is 3.44. The van der Waals surface area contributed by atoms with Crippen LogP contribution in [-0.4, -0.2) is 6.61 Å². The van der Waals surface area contributed by atoms with Crippen LogP contribution in [0.15, 0.2) is 24.5 Å². The third-order valence-electron chi connectivity index (χ3n) is 1.25. The van der Waals surface area contributed by atoms with Gasteiger partial charge in [0.1, 0.15) is 0 Å². The van der Waals surface area contributed by atoms with Gasteiger partial charge in [-0.25, -0.2) is 0 Å². The molecule has 0 unspecified atom stereocenters. The zero-order chi connectivity index (χ0) is 7.40. The van der Waals surface area contributed by atoms with E-state index in [1.807, 2.05) is 31.5 Å². The second-order valence-electron chi connectivity index (χ2n) is 2.15. The summed E-state index contributed by atoms with van der Waals surface area (Å²) >= 11 is 0. The number of rotatable bonds is 2. The molecule has 10 heavy (non-hydrogen) atoms. The van der Waals surface area contributed by atoms with Gasteiger partial charge in [0.15, 0.2) is 6.61 Å². The molecule has 1 heterocycles. The number of hydrogen-bond donors (Lipinski definition) is 0. The monoisotopic (exact) mass is 138 g/mol. The second-order valence-corrected chi connectivity index (χ2v) is 2.15. The quantitative estimate of drug-likeness (QED) is 0.549. The Kier molecular flexibility index (Phi) is 2.26. The van der Waals surface area contributed by atoms with Gasteiger partial charge in [0.25, 0.3) is 0 Å². The molecule has 0 saturated carbocycles. The molecule has 0 N–H and O–H groups in total. The van der Waals surface area contributed by atoms with E-state index in [1.165, 1.54) is 5.56 Å². The van der Waals surface area contributed by atoms with E-state index < -0.39 is 0 Å². The first-order chi connectivity index (χ1) is 4.83. The predicted octanol–water partition coefficient (Wildman–Crippen LogP) is 0.731. The molecular weight excluding hydrogens is 126 g/mol. The topological polar surface area (TPSA) is 13.1 Å². The van der Waals surface area contributed by atoms with Crippen molar-refractivity contribution in [1.82, 2.24) is 0 Å². The maximum atomic E-state index is 5.18. The lowest BCUT2D eigenvalue weighted by molar-refractivity contribution is -0.891. The van der Waals surface area contributed by atoms with E-state index in [0.717, 1.165) is 0 Å². The van der Waals surface area contributed by atoms with Gasteiger partial charge >= 0.3 is 0 Å². The molecule has 54 valence electrons. The summed E-state index contributed by atoms with van der Waals surface area (Å²) in [5.74, 6) is 0. The number of aryl methyl sites for hydroxylation is 1. The summed E-state index contributed by atoms with van der Waals surface area (Å²) < 4.78 is 1.70. The third kappa shape index (κ3) is 1.72. The molecule has 0 amide bonds. The average molecular weight is 138 g/mol. The highest BCUT2D eigenvalue weighted by Crippen LogP contribution is 1.88. The van der Waals surface area contributed by atoms with E-state index in [4.69, 9.17) is 4.84 Å². The fourth-order valence-corrected chi connectivity index (χ4v) is 0.722. The zero-order valence-electron chi connectivity index (χ0n) is 6.37. The van der Waals surface area contributed by atoms with Crippen LogP contribution in [0.3, 0.4) is 0 Å². The summed E-state index contributed by atoms with van der Waals surface area (Å²) in [6.45, 7) is 4.72. The van der Waals surface area contributed by atoms with E-state index >= 15 is 0 Å². The Morgan fingerprint density at radius 2 is 2.00 bits per heavy atom. The minimum Gasteiger partial charge on any atom is -0.272 e. The van der Waals surface area contributed by atoms with Crippen molar-refractivity contribution >= 4 is 0 Å². The fraction of sp³-hybridized carbons (Fsp3) is 0.375. The van der Waals surface area contributed by atoms with Crippen molar-refractivity contribution in [1.29, 1.82) is 0 Å². The summed E-state index contributed by atoms with van der Waals surface area (Å²) in [5.41, 5.74) is 1.25. The Morgan fingerprint density at radius 3 is 2.50 bits per heavy atom. The summed E-state index contributed by atoms with van der Waals surface area (Å²) in [7, 11) is 0. The Balaban J connectivity index is 2.69. The van der Waals surface area contributed by atoms with Crippen LogP contribution in [0.25, 0.3) is 0 Å². The largest absolute Gasteiger partial charge is 0.272 e. The number of aromatic nitrogens is 1. The molecule has 0 saturated heterocycles. The van der Waals surface area contributed by atoms with Crippen LogP contribution in [0.2, 0.25) is 0 Å². The fourth-order valence-electron chi connectivity index (χ4n) is 0.722. The molecule has 0 bridgehead atoms.